The van der Waals surface area contributed by atoms with Gasteiger partial charge in [-0.05, 0) is 50.3 Å². The van der Waals surface area contributed by atoms with E-state index in [1.807, 2.05) is 0 Å². The molecule has 0 bridgehead atoms. The summed E-state index contributed by atoms with van der Waals surface area (Å²) in [5.74, 6) is 2.32. The number of hydrogen-bond acceptors (Lipinski definition) is 6. The van der Waals surface area contributed by atoms with Gasteiger partial charge in [0.15, 0.2) is 0 Å². The fourth-order valence-corrected chi connectivity index (χ4v) is 5.78. The van der Waals surface area contributed by atoms with Gasteiger partial charge in [-0.25, -0.2) is 9.97 Å². The molecule has 1 N–H and O–H groups in total. The molecule has 6 heteroatoms. The van der Waals surface area contributed by atoms with Crippen LogP contribution in [0.25, 0.3) is 21.3 Å². The molecular formula is C24H30N4OS. The summed E-state index contributed by atoms with van der Waals surface area (Å²) in [5.41, 5.74) is 2.44. The Hall–Kier alpha value is -2.02. The van der Waals surface area contributed by atoms with Crippen LogP contribution in [-0.4, -0.2) is 52.8 Å². The average Bonchev–Trinajstić information content (AvgIpc) is 3.24. The Morgan fingerprint density at radius 2 is 1.83 bits per heavy atom. The van der Waals surface area contributed by atoms with E-state index in [1.165, 1.54) is 35.8 Å². The molecule has 30 heavy (non-hydrogen) atoms. The van der Waals surface area contributed by atoms with E-state index >= 15 is 0 Å². The number of thiophene rings is 1. The van der Waals surface area contributed by atoms with Gasteiger partial charge in [-0.1, -0.05) is 36.8 Å². The van der Waals surface area contributed by atoms with Crippen LogP contribution in [0, 0.1) is 5.92 Å². The van der Waals surface area contributed by atoms with E-state index in [2.05, 4.69) is 45.5 Å². The number of nitrogens with zero attached hydrogens (tertiary/aromatic N) is 4. The Morgan fingerprint density at radius 1 is 1.00 bits per heavy atom. The van der Waals surface area contributed by atoms with Crippen LogP contribution in [-0.2, 0) is 6.54 Å². The second-order valence-electron chi connectivity index (χ2n) is 8.63. The number of aliphatic hydroxyl groups is 1. The fraction of sp³-hybridized carbons (Fsp3) is 0.500. The molecule has 0 spiro atoms. The summed E-state index contributed by atoms with van der Waals surface area (Å²) in [4.78, 5) is 16.1. The number of fused-ring (bicyclic) bond motifs is 1. The summed E-state index contributed by atoms with van der Waals surface area (Å²) in [6.07, 6.45) is 6.08. The summed E-state index contributed by atoms with van der Waals surface area (Å²) in [6, 6.07) is 10.6. The molecule has 2 aliphatic rings. The van der Waals surface area contributed by atoms with Crippen molar-refractivity contribution in [2.24, 2.45) is 5.92 Å². The Morgan fingerprint density at radius 3 is 2.63 bits per heavy atom. The van der Waals surface area contributed by atoms with Crippen LogP contribution in [0.3, 0.4) is 0 Å². The number of hydrogen-bond donors (Lipinski definition) is 1. The van der Waals surface area contributed by atoms with E-state index in [4.69, 9.17) is 9.97 Å². The maximum atomic E-state index is 9.77. The lowest BCUT2D eigenvalue weighted by molar-refractivity contribution is 0.208. The standard InChI is InChI=1S/C24H30N4OS/c29-16-18-8-7-13-28(14-18)23-22-20(19-9-3-1-4-10-19)17-30-24(22)26-21(25-23)15-27-11-5-2-6-12-27/h1,3-4,9-10,17-18,29H,2,5-8,11-16H2/t18-/m0/s1. The van der Waals surface area contributed by atoms with Crippen molar-refractivity contribution in [2.75, 3.05) is 37.7 Å². The van der Waals surface area contributed by atoms with Gasteiger partial charge in [0.25, 0.3) is 0 Å². The molecule has 2 aromatic heterocycles. The SMILES string of the molecule is OC[C@H]1CCCN(c2nc(CN3CCCCC3)nc3scc(-c4ccccc4)c23)C1. The van der Waals surface area contributed by atoms with Gasteiger partial charge in [-0.3, -0.25) is 4.90 Å². The first kappa shape index (κ1) is 19.9. The highest BCUT2D eigenvalue weighted by atomic mass is 32.1. The molecule has 5 rings (SSSR count). The smallest absolute Gasteiger partial charge is 0.146 e. The molecular weight excluding hydrogens is 392 g/mol. The van der Waals surface area contributed by atoms with Gasteiger partial charge in [0.1, 0.15) is 16.5 Å². The number of aromatic nitrogens is 2. The van der Waals surface area contributed by atoms with Crippen molar-refractivity contribution in [2.45, 2.75) is 38.6 Å². The van der Waals surface area contributed by atoms with Crippen molar-refractivity contribution in [1.82, 2.24) is 14.9 Å². The molecule has 0 amide bonds. The maximum Gasteiger partial charge on any atom is 0.146 e. The third-order valence-electron chi connectivity index (χ3n) is 6.44. The minimum Gasteiger partial charge on any atom is -0.396 e. The van der Waals surface area contributed by atoms with Gasteiger partial charge in [0, 0.05) is 30.6 Å². The minimum atomic E-state index is 0.251. The van der Waals surface area contributed by atoms with Crippen LogP contribution in [0.15, 0.2) is 35.7 Å². The predicted octanol–water partition coefficient (Wildman–Crippen LogP) is 4.55. The molecule has 1 aromatic carbocycles. The number of benzene rings is 1. The first-order valence-electron chi connectivity index (χ1n) is 11.2. The van der Waals surface area contributed by atoms with E-state index in [1.54, 1.807) is 11.3 Å². The van der Waals surface area contributed by atoms with Crippen LogP contribution < -0.4 is 4.90 Å². The number of piperidine rings is 2. The lowest BCUT2D eigenvalue weighted by Crippen LogP contribution is -2.38. The Balaban J connectivity index is 1.57. The predicted molar refractivity (Wildman–Crippen MR) is 124 cm³/mol. The Bertz CT molecular complexity index is 984. The van der Waals surface area contributed by atoms with Crippen LogP contribution in [0.1, 0.15) is 37.9 Å². The Labute approximate surface area is 182 Å². The van der Waals surface area contributed by atoms with Crippen molar-refractivity contribution in [3.8, 4) is 11.1 Å². The maximum absolute atomic E-state index is 9.77. The van der Waals surface area contributed by atoms with Crippen molar-refractivity contribution in [3.63, 3.8) is 0 Å². The quantitative estimate of drug-likeness (QED) is 0.654. The number of anilines is 1. The highest BCUT2D eigenvalue weighted by molar-refractivity contribution is 7.17. The van der Waals surface area contributed by atoms with E-state index in [0.717, 1.165) is 62.0 Å². The molecule has 1 atom stereocenters. The molecule has 0 saturated carbocycles. The molecule has 5 nitrogen and oxygen atoms in total. The first-order valence-corrected chi connectivity index (χ1v) is 12.1. The van der Waals surface area contributed by atoms with Gasteiger partial charge in [0.05, 0.1) is 11.9 Å². The van der Waals surface area contributed by atoms with E-state index in [-0.39, 0.29) is 6.61 Å². The number of likely N-dealkylation sites (tertiary alicyclic amines) is 1. The normalized spacial score (nSPS) is 20.7. The molecule has 2 fully saturated rings. The highest BCUT2D eigenvalue weighted by Gasteiger charge is 2.25. The van der Waals surface area contributed by atoms with Crippen LogP contribution >= 0.6 is 11.3 Å². The topological polar surface area (TPSA) is 52.5 Å². The molecule has 2 saturated heterocycles. The molecule has 158 valence electrons. The van der Waals surface area contributed by atoms with E-state index in [9.17, 15) is 5.11 Å². The van der Waals surface area contributed by atoms with E-state index < -0.39 is 0 Å². The lowest BCUT2D eigenvalue weighted by atomic mass is 9.98. The summed E-state index contributed by atoms with van der Waals surface area (Å²) >= 11 is 1.72. The summed E-state index contributed by atoms with van der Waals surface area (Å²) in [5, 5.41) is 13.2. The van der Waals surface area contributed by atoms with Crippen molar-refractivity contribution >= 4 is 27.4 Å². The molecule has 0 radical (unpaired) electrons. The van der Waals surface area contributed by atoms with Gasteiger partial charge >= 0.3 is 0 Å². The van der Waals surface area contributed by atoms with Gasteiger partial charge in [-0.15, -0.1) is 11.3 Å². The molecule has 0 unspecified atom stereocenters. The van der Waals surface area contributed by atoms with E-state index in [0.29, 0.717) is 5.92 Å². The highest BCUT2D eigenvalue weighted by Crippen LogP contribution is 2.39. The summed E-state index contributed by atoms with van der Waals surface area (Å²) in [6.45, 7) is 5.24. The van der Waals surface area contributed by atoms with Crippen molar-refractivity contribution < 1.29 is 5.11 Å². The second kappa shape index (κ2) is 9.00. The van der Waals surface area contributed by atoms with Gasteiger partial charge in [0.2, 0.25) is 0 Å². The third kappa shape index (κ3) is 4.09. The number of aliphatic hydroxyl groups excluding tert-OH is 1. The zero-order valence-corrected chi connectivity index (χ0v) is 18.3. The monoisotopic (exact) mass is 422 g/mol. The van der Waals surface area contributed by atoms with Crippen molar-refractivity contribution in [3.05, 3.63) is 41.5 Å². The fourth-order valence-electron chi connectivity index (χ4n) is 4.82. The van der Waals surface area contributed by atoms with Crippen LogP contribution in [0.4, 0.5) is 5.82 Å². The van der Waals surface area contributed by atoms with Crippen molar-refractivity contribution in [1.29, 1.82) is 0 Å². The third-order valence-corrected chi connectivity index (χ3v) is 7.31. The minimum absolute atomic E-state index is 0.251. The largest absolute Gasteiger partial charge is 0.396 e. The average molecular weight is 423 g/mol. The summed E-state index contributed by atoms with van der Waals surface area (Å²) < 4.78 is 0. The van der Waals surface area contributed by atoms with Crippen LogP contribution in [0.5, 0.6) is 0 Å². The second-order valence-corrected chi connectivity index (χ2v) is 9.49. The first-order chi connectivity index (χ1) is 14.8. The molecule has 3 aromatic rings. The lowest BCUT2D eigenvalue weighted by Gasteiger charge is -2.33. The van der Waals surface area contributed by atoms with Gasteiger partial charge in [-0.2, -0.15) is 0 Å². The zero-order valence-electron chi connectivity index (χ0n) is 17.5. The van der Waals surface area contributed by atoms with Gasteiger partial charge < -0.3 is 10.0 Å². The zero-order chi connectivity index (χ0) is 20.3. The molecule has 4 heterocycles. The molecule has 0 aliphatic carbocycles. The number of rotatable bonds is 5. The summed E-state index contributed by atoms with van der Waals surface area (Å²) in [7, 11) is 0. The Kier molecular flexibility index (Phi) is 5.97. The molecule has 2 aliphatic heterocycles. The van der Waals surface area contributed by atoms with Crippen LogP contribution in [0.2, 0.25) is 0 Å².